The van der Waals surface area contributed by atoms with E-state index < -0.39 is 0 Å². The van der Waals surface area contributed by atoms with Crippen LogP contribution in [0.2, 0.25) is 0 Å². The van der Waals surface area contributed by atoms with Gasteiger partial charge in [0.25, 0.3) is 0 Å². The summed E-state index contributed by atoms with van der Waals surface area (Å²) in [6.07, 6.45) is 3.22. The lowest BCUT2D eigenvalue weighted by Gasteiger charge is -2.54. The first kappa shape index (κ1) is 12.9. The Kier molecular flexibility index (Phi) is 3.23. The lowest BCUT2D eigenvalue weighted by molar-refractivity contribution is -0.148. The van der Waals surface area contributed by atoms with E-state index in [1.165, 1.54) is 25.9 Å². The number of rotatable bonds is 1. The summed E-state index contributed by atoms with van der Waals surface area (Å²) in [4.78, 5) is 16.5. The molecule has 98 valence electrons. The van der Waals surface area contributed by atoms with Crippen molar-refractivity contribution in [2.75, 3.05) is 33.2 Å². The third-order valence-corrected chi connectivity index (χ3v) is 4.13. The Morgan fingerprint density at radius 3 is 2.18 bits per heavy atom. The topological polar surface area (TPSA) is 23.6 Å². The van der Waals surface area contributed by atoms with Crippen LogP contribution in [0.4, 0.5) is 0 Å². The van der Waals surface area contributed by atoms with Gasteiger partial charge in [-0.15, -0.1) is 0 Å². The van der Waals surface area contributed by atoms with Crippen LogP contribution in [0.1, 0.15) is 40.0 Å². The van der Waals surface area contributed by atoms with Crippen molar-refractivity contribution in [2.45, 2.75) is 40.0 Å². The van der Waals surface area contributed by atoms with Gasteiger partial charge in [0.05, 0.1) is 0 Å². The molecule has 0 bridgehead atoms. The number of nitrogens with zero attached hydrogens (tertiary/aromatic N) is 2. The van der Waals surface area contributed by atoms with Gasteiger partial charge in [-0.1, -0.05) is 20.8 Å². The Labute approximate surface area is 105 Å². The fourth-order valence-electron chi connectivity index (χ4n) is 2.91. The van der Waals surface area contributed by atoms with Gasteiger partial charge in [0.2, 0.25) is 5.91 Å². The molecule has 1 spiro atoms. The number of likely N-dealkylation sites (tertiary alicyclic amines) is 2. The molecule has 2 aliphatic heterocycles. The van der Waals surface area contributed by atoms with Crippen molar-refractivity contribution >= 4 is 5.91 Å². The van der Waals surface area contributed by atoms with E-state index in [1.807, 2.05) is 0 Å². The van der Waals surface area contributed by atoms with Gasteiger partial charge in [-0.25, -0.2) is 0 Å². The first-order valence-electron chi connectivity index (χ1n) is 6.76. The molecule has 0 aromatic rings. The molecule has 2 aliphatic rings. The van der Waals surface area contributed by atoms with Crippen LogP contribution < -0.4 is 0 Å². The van der Waals surface area contributed by atoms with Crippen LogP contribution in [0.15, 0.2) is 0 Å². The second kappa shape index (κ2) is 4.27. The summed E-state index contributed by atoms with van der Waals surface area (Å²) >= 11 is 0. The molecule has 2 fully saturated rings. The second-order valence-corrected chi connectivity index (χ2v) is 7.29. The van der Waals surface area contributed by atoms with Crippen molar-refractivity contribution < 1.29 is 4.79 Å². The van der Waals surface area contributed by atoms with Crippen molar-refractivity contribution in [3.05, 3.63) is 0 Å². The lowest BCUT2D eigenvalue weighted by Crippen LogP contribution is -2.61. The fraction of sp³-hybridized carbons (Fsp3) is 0.929. The number of amides is 1. The molecule has 2 heterocycles. The number of carbonyl (C=O) groups is 1. The average Bonchev–Trinajstić information content (AvgIpc) is 2.13. The van der Waals surface area contributed by atoms with Gasteiger partial charge in [0.1, 0.15) is 0 Å². The summed E-state index contributed by atoms with van der Waals surface area (Å²) in [6, 6.07) is 0. The Morgan fingerprint density at radius 2 is 1.71 bits per heavy atom. The molecule has 0 aliphatic carbocycles. The van der Waals surface area contributed by atoms with E-state index in [0.717, 1.165) is 13.1 Å². The van der Waals surface area contributed by atoms with Crippen molar-refractivity contribution in [2.24, 2.45) is 10.8 Å². The largest absolute Gasteiger partial charge is 0.341 e. The van der Waals surface area contributed by atoms with Gasteiger partial charge in [-0.05, 0) is 38.4 Å². The Morgan fingerprint density at radius 1 is 1.18 bits per heavy atom. The fourth-order valence-corrected chi connectivity index (χ4v) is 2.91. The van der Waals surface area contributed by atoms with Crippen LogP contribution in [0.25, 0.3) is 0 Å². The molecular formula is C14H26N2O. The predicted octanol–water partition coefficient (Wildman–Crippen LogP) is 1.98. The highest BCUT2D eigenvalue weighted by Gasteiger charge is 2.46. The number of carbonyl (C=O) groups excluding carboxylic acids is 1. The zero-order valence-corrected chi connectivity index (χ0v) is 11.8. The summed E-state index contributed by atoms with van der Waals surface area (Å²) in [6.45, 7) is 10.8. The maximum atomic E-state index is 12.0. The standard InChI is InChI=1S/C14H26N2O/c1-13(2,3)9-12(17)16-10-14(11-16)5-7-15(4)8-6-14/h5-11H2,1-4H3. The van der Waals surface area contributed by atoms with Crippen LogP contribution in [-0.4, -0.2) is 48.9 Å². The minimum absolute atomic E-state index is 0.118. The lowest BCUT2D eigenvalue weighted by atomic mass is 9.71. The second-order valence-electron chi connectivity index (χ2n) is 7.29. The van der Waals surface area contributed by atoms with Gasteiger partial charge in [0.15, 0.2) is 0 Å². The first-order valence-corrected chi connectivity index (χ1v) is 6.76. The molecule has 17 heavy (non-hydrogen) atoms. The van der Waals surface area contributed by atoms with Crippen molar-refractivity contribution in [1.82, 2.24) is 9.80 Å². The average molecular weight is 238 g/mol. The maximum Gasteiger partial charge on any atom is 0.223 e. The zero-order chi connectivity index (χ0) is 12.7. The molecule has 1 amide bonds. The molecule has 0 N–H and O–H groups in total. The molecule has 0 saturated carbocycles. The van der Waals surface area contributed by atoms with Crippen LogP contribution in [0.5, 0.6) is 0 Å². The molecule has 2 rings (SSSR count). The van der Waals surface area contributed by atoms with Crippen molar-refractivity contribution in [3.63, 3.8) is 0 Å². The van der Waals surface area contributed by atoms with Crippen molar-refractivity contribution in [1.29, 1.82) is 0 Å². The van der Waals surface area contributed by atoms with Crippen molar-refractivity contribution in [3.8, 4) is 0 Å². The zero-order valence-electron chi connectivity index (χ0n) is 11.8. The minimum Gasteiger partial charge on any atom is -0.341 e. The first-order chi connectivity index (χ1) is 7.80. The highest BCUT2D eigenvalue weighted by atomic mass is 16.2. The van der Waals surface area contributed by atoms with Crippen LogP contribution >= 0.6 is 0 Å². The molecule has 3 nitrogen and oxygen atoms in total. The van der Waals surface area contributed by atoms with E-state index in [2.05, 4.69) is 37.6 Å². The van der Waals surface area contributed by atoms with Crippen LogP contribution in [0, 0.1) is 10.8 Å². The van der Waals surface area contributed by atoms with Gasteiger partial charge >= 0.3 is 0 Å². The third-order valence-electron chi connectivity index (χ3n) is 4.13. The summed E-state index contributed by atoms with van der Waals surface area (Å²) in [7, 11) is 2.19. The highest BCUT2D eigenvalue weighted by Crippen LogP contribution is 2.40. The number of hydrogen-bond acceptors (Lipinski definition) is 2. The molecular weight excluding hydrogens is 212 g/mol. The quantitative estimate of drug-likeness (QED) is 0.697. The Bertz CT molecular complexity index is 290. The van der Waals surface area contributed by atoms with E-state index >= 15 is 0 Å². The van der Waals surface area contributed by atoms with E-state index in [9.17, 15) is 4.79 Å². The van der Waals surface area contributed by atoms with E-state index in [-0.39, 0.29) is 5.41 Å². The third kappa shape index (κ3) is 3.01. The summed E-state index contributed by atoms with van der Waals surface area (Å²) in [5.74, 6) is 0.349. The van der Waals surface area contributed by atoms with E-state index in [4.69, 9.17) is 0 Å². The van der Waals surface area contributed by atoms with Gasteiger partial charge < -0.3 is 9.80 Å². The SMILES string of the molecule is CN1CCC2(CC1)CN(C(=O)CC(C)(C)C)C2. The monoisotopic (exact) mass is 238 g/mol. The van der Waals surface area contributed by atoms with Gasteiger partial charge in [-0.3, -0.25) is 4.79 Å². The summed E-state index contributed by atoms with van der Waals surface area (Å²) < 4.78 is 0. The van der Waals surface area contributed by atoms with Crippen LogP contribution in [0.3, 0.4) is 0 Å². The van der Waals surface area contributed by atoms with E-state index in [1.54, 1.807) is 0 Å². The molecule has 0 atom stereocenters. The molecule has 0 unspecified atom stereocenters. The summed E-state index contributed by atoms with van der Waals surface area (Å²) in [5.41, 5.74) is 0.590. The van der Waals surface area contributed by atoms with Gasteiger partial charge in [-0.2, -0.15) is 0 Å². The van der Waals surface area contributed by atoms with Crippen LogP contribution in [-0.2, 0) is 4.79 Å². The normalized spacial score (nSPS) is 24.8. The summed E-state index contributed by atoms with van der Waals surface area (Å²) in [5, 5.41) is 0. The van der Waals surface area contributed by atoms with E-state index in [0.29, 0.717) is 17.7 Å². The highest BCUT2D eigenvalue weighted by molar-refractivity contribution is 5.77. The molecule has 2 saturated heterocycles. The predicted molar refractivity (Wildman–Crippen MR) is 69.8 cm³/mol. The van der Waals surface area contributed by atoms with Gasteiger partial charge in [0, 0.05) is 24.9 Å². The Hall–Kier alpha value is -0.570. The Balaban J connectivity index is 1.80. The molecule has 0 radical (unpaired) electrons. The minimum atomic E-state index is 0.118. The molecule has 3 heteroatoms. The maximum absolute atomic E-state index is 12.0. The molecule has 0 aromatic carbocycles. The molecule has 0 aromatic heterocycles. The smallest absolute Gasteiger partial charge is 0.223 e. The number of piperidine rings is 1. The number of hydrogen-bond donors (Lipinski definition) is 0.